The van der Waals surface area contributed by atoms with E-state index < -0.39 is 0 Å². The van der Waals surface area contributed by atoms with Crippen LogP contribution in [0.5, 0.6) is 0 Å². The van der Waals surface area contributed by atoms with Gasteiger partial charge in [0.25, 0.3) is 0 Å². The minimum Gasteiger partial charge on any atom is -0.342 e. The molecular weight excluding hydrogens is 349 g/mol. The van der Waals surface area contributed by atoms with Crippen LogP contribution in [-0.4, -0.2) is 29.2 Å². The van der Waals surface area contributed by atoms with Crippen LogP contribution in [0.1, 0.15) is 18.4 Å². The van der Waals surface area contributed by atoms with E-state index in [1.54, 1.807) is 12.1 Å². The van der Waals surface area contributed by atoms with E-state index in [2.05, 4.69) is 15.9 Å². The Kier molecular flexibility index (Phi) is 5.55. The molecule has 1 aromatic carbocycles. The molecule has 1 aliphatic heterocycles. The topological polar surface area (TPSA) is 20.3 Å². The highest BCUT2D eigenvalue weighted by atomic mass is 79.9. The van der Waals surface area contributed by atoms with E-state index in [0.717, 1.165) is 30.4 Å². The number of carbonyl (C=O) groups is 1. The van der Waals surface area contributed by atoms with E-state index in [4.69, 9.17) is 23.2 Å². The fourth-order valence-corrected chi connectivity index (χ4v) is 3.20. The molecule has 1 amide bonds. The molecule has 1 heterocycles. The molecule has 0 bridgehead atoms. The summed E-state index contributed by atoms with van der Waals surface area (Å²) in [4.78, 5) is 14.2. The molecule has 2 rings (SSSR count). The van der Waals surface area contributed by atoms with Crippen molar-refractivity contribution in [2.75, 3.05) is 18.4 Å². The van der Waals surface area contributed by atoms with Crippen LogP contribution in [0.3, 0.4) is 0 Å². The van der Waals surface area contributed by atoms with Crippen LogP contribution in [0.25, 0.3) is 0 Å². The third-order valence-electron chi connectivity index (χ3n) is 3.43. The molecule has 0 saturated carbocycles. The van der Waals surface area contributed by atoms with Gasteiger partial charge in [0.15, 0.2) is 0 Å². The maximum absolute atomic E-state index is 12.3. The van der Waals surface area contributed by atoms with Gasteiger partial charge in [-0.2, -0.15) is 0 Å². The van der Waals surface area contributed by atoms with Crippen molar-refractivity contribution in [3.05, 3.63) is 33.8 Å². The SMILES string of the molecule is O=C(Cc1ccc(Cl)c(Cl)c1)N1CCCC(CBr)C1. The van der Waals surface area contributed by atoms with Crippen molar-refractivity contribution >= 4 is 45.0 Å². The summed E-state index contributed by atoms with van der Waals surface area (Å²) in [6.07, 6.45) is 2.68. The average Bonchev–Trinajstić information content (AvgIpc) is 2.43. The number of likely N-dealkylation sites (tertiary alicyclic amines) is 1. The van der Waals surface area contributed by atoms with E-state index in [1.807, 2.05) is 11.0 Å². The Labute approximate surface area is 132 Å². The quantitative estimate of drug-likeness (QED) is 0.737. The van der Waals surface area contributed by atoms with Crippen molar-refractivity contribution in [3.63, 3.8) is 0 Å². The van der Waals surface area contributed by atoms with Crippen LogP contribution in [0.15, 0.2) is 18.2 Å². The summed E-state index contributed by atoms with van der Waals surface area (Å²) in [5.74, 6) is 0.746. The van der Waals surface area contributed by atoms with Gasteiger partial charge < -0.3 is 4.90 Å². The Morgan fingerprint density at radius 3 is 2.84 bits per heavy atom. The molecule has 0 radical (unpaired) electrons. The zero-order chi connectivity index (χ0) is 13.8. The number of halogens is 3. The molecule has 19 heavy (non-hydrogen) atoms. The molecule has 5 heteroatoms. The van der Waals surface area contributed by atoms with Crippen molar-refractivity contribution in [2.45, 2.75) is 19.3 Å². The highest BCUT2D eigenvalue weighted by Gasteiger charge is 2.22. The maximum atomic E-state index is 12.3. The molecule has 1 saturated heterocycles. The number of amides is 1. The standard InChI is InChI=1S/C14H16BrCl2NO/c15-8-11-2-1-5-18(9-11)14(19)7-10-3-4-12(16)13(17)6-10/h3-4,6,11H,1-2,5,7-9H2. The van der Waals surface area contributed by atoms with Gasteiger partial charge in [-0.15, -0.1) is 0 Å². The van der Waals surface area contributed by atoms with Crippen molar-refractivity contribution in [1.82, 2.24) is 4.90 Å². The minimum atomic E-state index is 0.170. The molecule has 1 aliphatic rings. The second-order valence-corrected chi connectivity index (χ2v) is 6.39. The number of rotatable bonds is 3. The molecule has 1 fully saturated rings. The maximum Gasteiger partial charge on any atom is 0.226 e. The summed E-state index contributed by atoms with van der Waals surface area (Å²) >= 11 is 15.3. The normalized spacial score (nSPS) is 19.5. The summed E-state index contributed by atoms with van der Waals surface area (Å²) < 4.78 is 0. The van der Waals surface area contributed by atoms with Crippen LogP contribution in [0.2, 0.25) is 10.0 Å². The minimum absolute atomic E-state index is 0.170. The third kappa shape index (κ3) is 4.11. The van der Waals surface area contributed by atoms with E-state index in [0.29, 0.717) is 22.4 Å². The molecule has 0 aliphatic carbocycles. The number of hydrogen-bond donors (Lipinski definition) is 0. The predicted molar refractivity (Wildman–Crippen MR) is 83.3 cm³/mol. The molecule has 0 aromatic heterocycles. The summed E-state index contributed by atoms with van der Waals surface area (Å²) in [7, 11) is 0. The number of alkyl halides is 1. The fourth-order valence-electron chi connectivity index (χ4n) is 2.35. The number of benzene rings is 1. The first kappa shape index (κ1) is 15.1. The highest BCUT2D eigenvalue weighted by molar-refractivity contribution is 9.09. The number of nitrogens with zero attached hydrogens (tertiary/aromatic N) is 1. The van der Waals surface area contributed by atoms with Crippen molar-refractivity contribution in [3.8, 4) is 0 Å². The third-order valence-corrected chi connectivity index (χ3v) is 5.08. The van der Waals surface area contributed by atoms with Gasteiger partial charge in [0.05, 0.1) is 16.5 Å². The van der Waals surface area contributed by atoms with E-state index in [-0.39, 0.29) is 5.91 Å². The van der Waals surface area contributed by atoms with Crippen molar-refractivity contribution < 1.29 is 4.79 Å². The molecule has 1 atom stereocenters. The van der Waals surface area contributed by atoms with Crippen LogP contribution in [-0.2, 0) is 11.2 Å². The Balaban J connectivity index is 1.98. The van der Waals surface area contributed by atoms with Gasteiger partial charge >= 0.3 is 0 Å². The second-order valence-electron chi connectivity index (χ2n) is 4.93. The molecule has 104 valence electrons. The first-order valence-corrected chi connectivity index (χ1v) is 8.25. The van der Waals surface area contributed by atoms with Gasteiger partial charge in [0, 0.05) is 18.4 Å². The van der Waals surface area contributed by atoms with E-state index in [9.17, 15) is 4.79 Å². The highest BCUT2D eigenvalue weighted by Crippen LogP contribution is 2.24. The first-order valence-electron chi connectivity index (χ1n) is 6.38. The van der Waals surface area contributed by atoms with Crippen molar-refractivity contribution in [2.24, 2.45) is 5.92 Å². The van der Waals surface area contributed by atoms with Crippen molar-refractivity contribution in [1.29, 1.82) is 0 Å². The molecule has 0 spiro atoms. The number of hydrogen-bond acceptors (Lipinski definition) is 1. The lowest BCUT2D eigenvalue weighted by Gasteiger charge is -2.32. The zero-order valence-corrected chi connectivity index (χ0v) is 13.6. The lowest BCUT2D eigenvalue weighted by molar-refractivity contribution is -0.132. The smallest absolute Gasteiger partial charge is 0.226 e. The van der Waals surface area contributed by atoms with Crippen LogP contribution < -0.4 is 0 Å². The van der Waals surface area contributed by atoms with Gasteiger partial charge in [0.2, 0.25) is 5.91 Å². The Hall–Kier alpha value is -0.250. The first-order chi connectivity index (χ1) is 9.10. The largest absolute Gasteiger partial charge is 0.342 e. The van der Waals surface area contributed by atoms with E-state index in [1.165, 1.54) is 6.42 Å². The zero-order valence-electron chi connectivity index (χ0n) is 10.5. The summed E-state index contributed by atoms with van der Waals surface area (Å²) in [6.45, 7) is 1.72. The second kappa shape index (κ2) is 6.96. The van der Waals surface area contributed by atoms with Gasteiger partial charge in [-0.05, 0) is 36.5 Å². The molecule has 0 N–H and O–H groups in total. The fraction of sp³-hybridized carbons (Fsp3) is 0.500. The van der Waals surface area contributed by atoms with Crippen LogP contribution in [0, 0.1) is 5.92 Å². The Morgan fingerprint density at radius 2 is 2.16 bits per heavy atom. The molecule has 1 unspecified atom stereocenters. The Bertz CT molecular complexity index is 467. The van der Waals surface area contributed by atoms with Crippen LogP contribution >= 0.6 is 39.1 Å². The summed E-state index contributed by atoms with van der Waals surface area (Å²) in [5.41, 5.74) is 0.917. The summed E-state index contributed by atoms with van der Waals surface area (Å²) in [5, 5.41) is 1.99. The average molecular weight is 365 g/mol. The monoisotopic (exact) mass is 363 g/mol. The van der Waals surface area contributed by atoms with Gasteiger partial charge in [0.1, 0.15) is 0 Å². The molecule has 2 nitrogen and oxygen atoms in total. The van der Waals surface area contributed by atoms with Gasteiger partial charge in [-0.1, -0.05) is 45.2 Å². The van der Waals surface area contributed by atoms with Gasteiger partial charge in [-0.3, -0.25) is 4.79 Å². The number of piperidine rings is 1. The Morgan fingerprint density at radius 1 is 1.37 bits per heavy atom. The van der Waals surface area contributed by atoms with Crippen LogP contribution in [0.4, 0.5) is 0 Å². The predicted octanol–water partition coefficient (Wildman–Crippen LogP) is 4.17. The number of carbonyl (C=O) groups excluding carboxylic acids is 1. The summed E-state index contributed by atoms with van der Waals surface area (Å²) in [6, 6.07) is 5.37. The van der Waals surface area contributed by atoms with Gasteiger partial charge in [-0.25, -0.2) is 0 Å². The molecular formula is C14H16BrCl2NO. The lowest BCUT2D eigenvalue weighted by Crippen LogP contribution is -2.41. The van der Waals surface area contributed by atoms with E-state index >= 15 is 0 Å². The lowest BCUT2D eigenvalue weighted by atomic mass is 9.99. The molecule has 1 aromatic rings.